The summed E-state index contributed by atoms with van der Waals surface area (Å²) < 4.78 is 0. The molecular formula is C19H16N4O3S. The van der Waals surface area contributed by atoms with E-state index in [2.05, 4.69) is 15.5 Å². The van der Waals surface area contributed by atoms with Gasteiger partial charge in [-0.05, 0) is 30.7 Å². The van der Waals surface area contributed by atoms with Crippen molar-refractivity contribution in [1.82, 2.24) is 10.2 Å². The van der Waals surface area contributed by atoms with Gasteiger partial charge in [0, 0.05) is 23.4 Å². The summed E-state index contributed by atoms with van der Waals surface area (Å²) in [7, 11) is 0. The first-order chi connectivity index (χ1) is 13.0. The van der Waals surface area contributed by atoms with Crippen LogP contribution in [0.1, 0.15) is 5.56 Å². The average molecular weight is 380 g/mol. The number of amides is 1. The summed E-state index contributed by atoms with van der Waals surface area (Å²) in [6.07, 6.45) is 0. The van der Waals surface area contributed by atoms with Gasteiger partial charge < -0.3 is 5.32 Å². The number of carbonyl (C=O) groups excluding carboxylic acids is 1. The van der Waals surface area contributed by atoms with E-state index in [9.17, 15) is 14.9 Å². The van der Waals surface area contributed by atoms with E-state index in [4.69, 9.17) is 0 Å². The fourth-order valence-corrected chi connectivity index (χ4v) is 2.98. The normalized spacial score (nSPS) is 10.4. The first-order valence-corrected chi connectivity index (χ1v) is 9.08. The van der Waals surface area contributed by atoms with E-state index in [0.717, 1.165) is 11.3 Å². The lowest BCUT2D eigenvalue weighted by Gasteiger charge is -2.07. The van der Waals surface area contributed by atoms with Gasteiger partial charge in [-0.15, -0.1) is 10.2 Å². The number of aryl methyl sites for hydroxylation is 1. The number of para-hydroxylation sites is 1. The molecule has 136 valence electrons. The Morgan fingerprint density at radius 3 is 2.63 bits per heavy atom. The van der Waals surface area contributed by atoms with Crippen molar-refractivity contribution in [3.8, 4) is 11.3 Å². The van der Waals surface area contributed by atoms with Crippen molar-refractivity contribution < 1.29 is 9.72 Å². The highest BCUT2D eigenvalue weighted by molar-refractivity contribution is 7.99. The predicted octanol–water partition coefficient (Wildman–Crippen LogP) is 4.09. The maximum absolute atomic E-state index is 12.1. The van der Waals surface area contributed by atoms with E-state index in [1.165, 1.54) is 23.9 Å². The molecule has 8 heteroatoms. The number of thioether (sulfide) groups is 1. The molecule has 1 heterocycles. The number of benzene rings is 2. The zero-order chi connectivity index (χ0) is 19.2. The summed E-state index contributed by atoms with van der Waals surface area (Å²) in [6, 6.07) is 17.3. The fourth-order valence-electron chi connectivity index (χ4n) is 2.37. The molecule has 27 heavy (non-hydrogen) atoms. The summed E-state index contributed by atoms with van der Waals surface area (Å²) in [4.78, 5) is 22.5. The van der Waals surface area contributed by atoms with Crippen LogP contribution in [0.4, 0.5) is 11.4 Å². The first kappa shape index (κ1) is 18.5. The zero-order valence-electron chi connectivity index (χ0n) is 14.5. The Kier molecular flexibility index (Phi) is 5.77. The summed E-state index contributed by atoms with van der Waals surface area (Å²) >= 11 is 1.27. The van der Waals surface area contributed by atoms with Crippen molar-refractivity contribution in [3.63, 3.8) is 0 Å². The molecule has 0 fully saturated rings. The van der Waals surface area contributed by atoms with Gasteiger partial charge in [-0.2, -0.15) is 0 Å². The summed E-state index contributed by atoms with van der Waals surface area (Å²) in [5.41, 5.74) is 2.94. The number of nitro groups is 1. The number of nitrogens with one attached hydrogen (secondary N) is 1. The molecule has 0 bridgehead atoms. The van der Waals surface area contributed by atoms with Crippen LogP contribution in [-0.4, -0.2) is 26.8 Å². The molecule has 1 aromatic heterocycles. The third-order valence-corrected chi connectivity index (χ3v) is 4.68. The SMILES string of the molecule is Cc1ccccc1NC(=O)CSc1ccc(-c2cccc([N+](=O)[O-])c2)nn1. The molecule has 0 aliphatic heterocycles. The summed E-state index contributed by atoms with van der Waals surface area (Å²) in [6.45, 7) is 1.93. The molecule has 0 radical (unpaired) electrons. The summed E-state index contributed by atoms with van der Waals surface area (Å²) in [5.74, 6) is 0.0815. The molecule has 0 atom stereocenters. The Bertz CT molecular complexity index is 977. The number of anilines is 1. The van der Waals surface area contributed by atoms with Crippen LogP contribution >= 0.6 is 11.8 Å². The Labute approximate surface area is 160 Å². The molecule has 0 unspecified atom stereocenters. The number of nitro benzene ring substituents is 1. The van der Waals surface area contributed by atoms with Crippen LogP contribution in [-0.2, 0) is 4.79 Å². The molecule has 0 spiro atoms. The lowest BCUT2D eigenvalue weighted by atomic mass is 10.1. The molecule has 0 saturated heterocycles. The van der Waals surface area contributed by atoms with Crippen LogP contribution in [0.5, 0.6) is 0 Å². The molecule has 0 aliphatic carbocycles. The predicted molar refractivity (Wildman–Crippen MR) is 105 cm³/mol. The van der Waals surface area contributed by atoms with Gasteiger partial charge in [0.25, 0.3) is 5.69 Å². The van der Waals surface area contributed by atoms with Gasteiger partial charge in [0.1, 0.15) is 5.03 Å². The van der Waals surface area contributed by atoms with Crippen molar-refractivity contribution in [2.45, 2.75) is 11.9 Å². The Hall–Kier alpha value is -3.26. The fraction of sp³-hybridized carbons (Fsp3) is 0.105. The minimum Gasteiger partial charge on any atom is -0.325 e. The zero-order valence-corrected chi connectivity index (χ0v) is 15.3. The van der Waals surface area contributed by atoms with Crippen molar-refractivity contribution in [2.24, 2.45) is 0 Å². The third-order valence-electron chi connectivity index (χ3n) is 3.76. The van der Waals surface area contributed by atoms with Crippen LogP contribution in [0.15, 0.2) is 65.7 Å². The van der Waals surface area contributed by atoms with Crippen LogP contribution in [0.25, 0.3) is 11.3 Å². The number of hydrogen-bond acceptors (Lipinski definition) is 6. The van der Waals surface area contributed by atoms with Crippen LogP contribution < -0.4 is 5.32 Å². The number of aromatic nitrogens is 2. The van der Waals surface area contributed by atoms with Crippen LogP contribution in [0, 0.1) is 17.0 Å². The molecule has 1 N–H and O–H groups in total. The van der Waals surface area contributed by atoms with Gasteiger partial charge in [0.15, 0.2) is 0 Å². The van der Waals surface area contributed by atoms with Gasteiger partial charge in [-0.25, -0.2) is 0 Å². The number of non-ortho nitro benzene ring substituents is 1. The smallest absolute Gasteiger partial charge is 0.270 e. The molecular weight excluding hydrogens is 364 g/mol. The van der Waals surface area contributed by atoms with E-state index < -0.39 is 4.92 Å². The number of rotatable bonds is 6. The number of hydrogen-bond donors (Lipinski definition) is 1. The van der Waals surface area contributed by atoms with E-state index in [1.54, 1.807) is 24.3 Å². The first-order valence-electron chi connectivity index (χ1n) is 8.10. The second kappa shape index (κ2) is 8.41. The number of nitrogens with zero attached hydrogens (tertiary/aromatic N) is 3. The van der Waals surface area contributed by atoms with E-state index in [1.807, 2.05) is 31.2 Å². The van der Waals surface area contributed by atoms with Crippen LogP contribution in [0.2, 0.25) is 0 Å². The van der Waals surface area contributed by atoms with Gasteiger partial charge in [-0.3, -0.25) is 14.9 Å². The van der Waals surface area contributed by atoms with Crippen molar-refractivity contribution in [1.29, 1.82) is 0 Å². The Morgan fingerprint density at radius 2 is 1.93 bits per heavy atom. The van der Waals surface area contributed by atoms with E-state index >= 15 is 0 Å². The maximum Gasteiger partial charge on any atom is 0.270 e. The van der Waals surface area contributed by atoms with Gasteiger partial charge >= 0.3 is 0 Å². The lowest BCUT2D eigenvalue weighted by Crippen LogP contribution is -2.14. The molecule has 2 aromatic carbocycles. The largest absolute Gasteiger partial charge is 0.325 e. The van der Waals surface area contributed by atoms with Gasteiger partial charge in [0.05, 0.1) is 16.4 Å². The van der Waals surface area contributed by atoms with Crippen molar-refractivity contribution >= 4 is 29.0 Å². The Balaban J connectivity index is 1.61. The average Bonchev–Trinajstić information content (AvgIpc) is 2.69. The molecule has 0 saturated carbocycles. The highest BCUT2D eigenvalue weighted by Gasteiger charge is 2.10. The monoisotopic (exact) mass is 380 g/mol. The van der Waals surface area contributed by atoms with Gasteiger partial charge in [-0.1, -0.05) is 42.1 Å². The molecule has 3 rings (SSSR count). The van der Waals surface area contributed by atoms with Crippen molar-refractivity contribution in [2.75, 3.05) is 11.1 Å². The number of carbonyl (C=O) groups is 1. The van der Waals surface area contributed by atoms with Crippen LogP contribution in [0.3, 0.4) is 0 Å². The van der Waals surface area contributed by atoms with Crippen molar-refractivity contribution in [3.05, 3.63) is 76.3 Å². The standard InChI is InChI=1S/C19H16N4O3S/c1-13-5-2-3-8-16(13)20-18(24)12-27-19-10-9-17(21-22-19)14-6-4-7-15(11-14)23(25)26/h2-11H,12H2,1H3,(H,20,24). The minimum atomic E-state index is -0.450. The molecule has 3 aromatic rings. The molecule has 0 aliphatic rings. The topological polar surface area (TPSA) is 98.0 Å². The second-order valence-electron chi connectivity index (χ2n) is 5.72. The molecule has 7 nitrogen and oxygen atoms in total. The maximum atomic E-state index is 12.1. The van der Waals surface area contributed by atoms with E-state index in [-0.39, 0.29) is 17.3 Å². The lowest BCUT2D eigenvalue weighted by molar-refractivity contribution is -0.384. The summed E-state index contributed by atoms with van der Waals surface area (Å²) in [5, 5.41) is 22.5. The van der Waals surface area contributed by atoms with Gasteiger partial charge in [0.2, 0.25) is 5.91 Å². The highest BCUT2D eigenvalue weighted by Crippen LogP contribution is 2.23. The highest BCUT2D eigenvalue weighted by atomic mass is 32.2. The second-order valence-corrected chi connectivity index (χ2v) is 6.71. The minimum absolute atomic E-state index is 0.000581. The molecule has 1 amide bonds. The Morgan fingerprint density at radius 1 is 1.11 bits per heavy atom. The van der Waals surface area contributed by atoms with E-state index in [0.29, 0.717) is 16.3 Å². The third kappa shape index (κ3) is 4.89. The quantitative estimate of drug-likeness (QED) is 0.393.